The lowest BCUT2D eigenvalue weighted by Crippen LogP contribution is -2.24. The van der Waals surface area contributed by atoms with Crippen LogP contribution in [0.15, 0.2) is 41.5 Å². The van der Waals surface area contributed by atoms with E-state index in [4.69, 9.17) is 27.9 Å². The average Bonchev–Trinajstić information content (AvgIpc) is 2.51. The Morgan fingerprint density at radius 3 is 2.52 bits per heavy atom. The highest BCUT2D eigenvalue weighted by Crippen LogP contribution is 2.22. The normalized spacial score (nSPS) is 10.8. The molecule has 1 N–H and O–H groups in total. The van der Waals surface area contributed by atoms with Crippen molar-refractivity contribution in [2.75, 3.05) is 6.61 Å². The maximum Gasteiger partial charge on any atom is 0.277 e. The summed E-state index contributed by atoms with van der Waals surface area (Å²) in [6.07, 6.45) is 1.40. The van der Waals surface area contributed by atoms with E-state index in [2.05, 4.69) is 10.5 Å². The van der Waals surface area contributed by atoms with Gasteiger partial charge in [0, 0.05) is 5.56 Å². The molecule has 0 aromatic heterocycles. The molecule has 0 spiro atoms. The lowest BCUT2D eigenvalue weighted by Gasteiger charge is -2.09. The quantitative estimate of drug-likeness (QED) is 0.650. The molecule has 0 saturated carbocycles. The monoisotopic (exact) mass is 350 g/mol. The second-order valence-corrected chi connectivity index (χ2v) is 5.73. The molecular weight excluding hydrogens is 335 g/mol. The fourth-order valence-corrected chi connectivity index (χ4v) is 2.35. The summed E-state index contributed by atoms with van der Waals surface area (Å²) in [5, 5.41) is 4.76. The van der Waals surface area contributed by atoms with Crippen molar-refractivity contribution in [2.24, 2.45) is 5.10 Å². The topological polar surface area (TPSA) is 50.7 Å². The Balaban J connectivity index is 1.90. The van der Waals surface area contributed by atoms with Gasteiger partial charge < -0.3 is 4.74 Å². The number of amides is 1. The second kappa shape index (κ2) is 7.99. The van der Waals surface area contributed by atoms with Gasteiger partial charge in [-0.1, -0.05) is 41.4 Å². The molecule has 23 heavy (non-hydrogen) atoms. The SMILES string of the molecule is Cc1cccc(OCC(=O)N/N=C/c2c(Cl)cccc2Cl)c1C. The average molecular weight is 351 g/mol. The Morgan fingerprint density at radius 1 is 1.17 bits per heavy atom. The number of aryl methyl sites for hydroxylation is 1. The number of nitrogens with zero attached hydrogens (tertiary/aromatic N) is 1. The molecule has 2 rings (SSSR count). The third-order valence-electron chi connectivity index (χ3n) is 3.30. The van der Waals surface area contributed by atoms with Crippen LogP contribution in [0.2, 0.25) is 10.0 Å². The molecule has 0 aliphatic rings. The predicted molar refractivity (Wildman–Crippen MR) is 93.6 cm³/mol. The standard InChI is InChI=1S/C17H16Cl2N2O2/c1-11-5-3-8-16(12(11)2)23-10-17(22)21-20-9-13-14(18)6-4-7-15(13)19/h3-9H,10H2,1-2H3,(H,21,22)/b20-9+. The van der Waals surface area contributed by atoms with Gasteiger partial charge in [0.15, 0.2) is 6.61 Å². The van der Waals surface area contributed by atoms with Gasteiger partial charge >= 0.3 is 0 Å². The first-order chi connectivity index (χ1) is 11.0. The molecule has 0 unspecified atom stereocenters. The maximum atomic E-state index is 11.8. The molecule has 0 saturated heterocycles. The lowest BCUT2D eigenvalue weighted by atomic mass is 10.1. The zero-order valence-electron chi connectivity index (χ0n) is 12.8. The van der Waals surface area contributed by atoms with Crippen molar-refractivity contribution >= 4 is 35.3 Å². The fraction of sp³-hybridized carbons (Fsp3) is 0.176. The predicted octanol–water partition coefficient (Wildman–Crippen LogP) is 4.14. The fourth-order valence-electron chi connectivity index (χ4n) is 1.86. The van der Waals surface area contributed by atoms with Crippen molar-refractivity contribution in [3.63, 3.8) is 0 Å². The van der Waals surface area contributed by atoms with Crippen LogP contribution in [-0.2, 0) is 4.79 Å². The van der Waals surface area contributed by atoms with E-state index >= 15 is 0 Å². The van der Waals surface area contributed by atoms with E-state index in [1.54, 1.807) is 18.2 Å². The van der Waals surface area contributed by atoms with Crippen LogP contribution in [0.4, 0.5) is 0 Å². The van der Waals surface area contributed by atoms with Crippen molar-refractivity contribution in [3.8, 4) is 5.75 Å². The first-order valence-corrected chi connectivity index (χ1v) is 7.69. The number of rotatable bonds is 5. The van der Waals surface area contributed by atoms with Crippen LogP contribution in [0, 0.1) is 13.8 Å². The Morgan fingerprint density at radius 2 is 1.83 bits per heavy atom. The van der Waals surface area contributed by atoms with Gasteiger partial charge in [-0.25, -0.2) is 5.43 Å². The number of ether oxygens (including phenoxy) is 1. The van der Waals surface area contributed by atoms with Gasteiger partial charge in [-0.05, 0) is 43.2 Å². The lowest BCUT2D eigenvalue weighted by molar-refractivity contribution is -0.123. The summed E-state index contributed by atoms with van der Waals surface area (Å²) in [7, 11) is 0. The van der Waals surface area contributed by atoms with Crippen molar-refractivity contribution in [3.05, 3.63) is 63.1 Å². The molecule has 120 valence electrons. The summed E-state index contributed by atoms with van der Waals surface area (Å²) in [6, 6.07) is 10.8. The highest BCUT2D eigenvalue weighted by atomic mass is 35.5. The van der Waals surface area contributed by atoms with E-state index in [0.29, 0.717) is 21.4 Å². The van der Waals surface area contributed by atoms with Crippen LogP contribution in [0.5, 0.6) is 5.75 Å². The number of hydrazone groups is 1. The Hall–Kier alpha value is -2.04. The van der Waals surface area contributed by atoms with Gasteiger partial charge in [0.2, 0.25) is 0 Å². The highest BCUT2D eigenvalue weighted by Gasteiger charge is 2.06. The van der Waals surface area contributed by atoms with Crippen molar-refractivity contribution in [1.29, 1.82) is 0 Å². The van der Waals surface area contributed by atoms with Crippen molar-refractivity contribution in [2.45, 2.75) is 13.8 Å². The van der Waals surface area contributed by atoms with E-state index in [9.17, 15) is 4.79 Å². The van der Waals surface area contributed by atoms with Gasteiger partial charge in [-0.15, -0.1) is 0 Å². The molecule has 4 nitrogen and oxygen atoms in total. The Labute approximate surface area is 145 Å². The summed E-state index contributed by atoms with van der Waals surface area (Å²) in [5.41, 5.74) is 5.04. The van der Waals surface area contributed by atoms with Crippen LogP contribution < -0.4 is 10.2 Å². The molecule has 0 fully saturated rings. The molecule has 0 atom stereocenters. The van der Waals surface area contributed by atoms with E-state index in [0.717, 1.165) is 11.1 Å². The molecule has 2 aromatic rings. The molecule has 0 aliphatic carbocycles. The number of hydrogen-bond acceptors (Lipinski definition) is 3. The number of carbonyl (C=O) groups excluding carboxylic acids is 1. The van der Waals surface area contributed by atoms with Crippen LogP contribution in [0.25, 0.3) is 0 Å². The molecule has 0 aliphatic heterocycles. The Bertz CT molecular complexity index is 725. The largest absolute Gasteiger partial charge is 0.483 e. The summed E-state index contributed by atoms with van der Waals surface area (Å²) < 4.78 is 5.49. The number of nitrogens with one attached hydrogen (secondary N) is 1. The summed E-state index contributed by atoms with van der Waals surface area (Å²) in [5.74, 6) is 0.309. The van der Waals surface area contributed by atoms with E-state index < -0.39 is 0 Å². The van der Waals surface area contributed by atoms with Crippen LogP contribution in [0.3, 0.4) is 0 Å². The molecule has 1 amide bonds. The number of hydrogen-bond donors (Lipinski definition) is 1. The van der Waals surface area contributed by atoms with Gasteiger partial charge in [0.1, 0.15) is 5.75 Å². The van der Waals surface area contributed by atoms with Crippen molar-refractivity contribution in [1.82, 2.24) is 5.43 Å². The number of halogens is 2. The van der Waals surface area contributed by atoms with E-state index in [1.165, 1.54) is 6.21 Å². The molecule has 0 bridgehead atoms. The molecule has 6 heteroatoms. The highest BCUT2D eigenvalue weighted by molar-refractivity contribution is 6.38. The van der Waals surface area contributed by atoms with Gasteiger partial charge in [-0.2, -0.15) is 5.10 Å². The smallest absolute Gasteiger partial charge is 0.277 e. The van der Waals surface area contributed by atoms with Crippen molar-refractivity contribution < 1.29 is 9.53 Å². The summed E-state index contributed by atoms with van der Waals surface area (Å²) >= 11 is 12.0. The maximum absolute atomic E-state index is 11.8. The number of carbonyl (C=O) groups is 1. The van der Waals surface area contributed by atoms with Gasteiger partial charge in [0.05, 0.1) is 16.3 Å². The third-order valence-corrected chi connectivity index (χ3v) is 3.96. The minimum Gasteiger partial charge on any atom is -0.483 e. The third kappa shape index (κ3) is 4.71. The first kappa shape index (κ1) is 17.3. The molecule has 2 aromatic carbocycles. The van der Waals surface area contributed by atoms with E-state index in [1.807, 2.05) is 32.0 Å². The zero-order valence-corrected chi connectivity index (χ0v) is 14.3. The van der Waals surface area contributed by atoms with Crippen LogP contribution >= 0.6 is 23.2 Å². The second-order valence-electron chi connectivity index (χ2n) is 4.92. The Kier molecular flexibility index (Phi) is 6.02. The van der Waals surface area contributed by atoms with Crippen LogP contribution in [-0.4, -0.2) is 18.7 Å². The minimum atomic E-state index is -0.370. The van der Waals surface area contributed by atoms with Gasteiger partial charge in [0.25, 0.3) is 5.91 Å². The zero-order chi connectivity index (χ0) is 16.8. The minimum absolute atomic E-state index is 0.127. The summed E-state index contributed by atoms with van der Waals surface area (Å²) in [6.45, 7) is 3.80. The molecular formula is C17H16Cl2N2O2. The number of benzene rings is 2. The molecule has 0 radical (unpaired) electrons. The molecule has 0 heterocycles. The van der Waals surface area contributed by atoms with Crippen LogP contribution in [0.1, 0.15) is 16.7 Å². The first-order valence-electron chi connectivity index (χ1n) is 6.94. The van der Waals surface area contributed by atoms with Gasteiger partial charge in [-0.3, -0.25) is 4.79 Å². The summed E-state index contributed by atoms with van der Waals surface area (Å²) in [4.78, 5) is 11.8. The van der Waals surface area contributed by atoms with E-state index in [-0.39, 0.29) is 12.5 Å².